The van der Waals surface area contributed by atoms with Gasteiger partial charge in [0.15, 0.2) is 0 Å². The summed E-state index contributed by atoms with van der Waals surface area (Å²) in [4.78, 5) is 0. The van der Waals surface area contributed by atoms with Gasteiger partial charge in [0.2, 0.25) is 0 Å². The second-order valence-electron chi connectivity index (χ2n) is 4.11. The van der Waals surface area contributed by atoms with Gasteiger partial charge in [0.05, 0.1) is 0 Å². The van der Waals surface area contributed by atoms with Crippen LogP contribution in [0.25, 0.3) is 0 Å². The smallest absolute Gasteiger partial charge is 0.00142 e. The minimum Gasteiger partial charge on any atom is -0.316 e. The second-order valence-corrected chi connectivity index (χ2v) is 4.11. The molecule has 1 aliphatic rings. The van der Waals surface area contributed by atoms with Crippen molar-refractivity contribution in [3.05, 3.63) is 11.6 Å². The molecule has 0 atom stereocenters. The van der Waals surface area contributed by atoms with E-state index < -0.39 is 0 Å². The topological polar surface area (TPSA) is 12.0 Å². The van der Waals surface area contributed by atoms with Gasteiger partial charge in [-0.15, -0.1) is 0 Å². The summed E-state index contributed by atoms with van der Waals surface area (Å²) in [5.74, 6) is 0.936. The average molecular weight is 181 g/mol. The fourth-order valence-electron chi connectivity index (χ4n) is 1.73. The molecule has 1 rings (SSSR count). The highest BCUT2D eigenvalue weighted by Crippen LogP contribution is 2.32. The standard InChI is InChI=1S/C12H23N/c1-3-9-13-10-5-6-11(2)12-7-4-8-12/h6,12-13H,3-5,7-10H2,1-2H3/b11-6-. The van der Waals surface area contributed by atoms with Crippen molar-refractivity contribution in [2.24, 2.45) is 5.92 Å². The monoisotopic (exact) mass is 181 g/mol. The van der Waals surface area contributed by atoms with Crippen LogP contribution in [0.3, 0.4) is 0 Å². The Morgan fingerprint density at radius 2 is 2.15 bits per heavy atom. The van der Waals surface area contributed by atoms with Crippen LogP contribution in [0.2, 0.25) is 0 Å². The van der Waals surface area contributed by atoms with Crippen LogP contribution in [-0.4, -0.2) is 13.1 Å². The molecule has 0 aliphatic heterocycles. The lowest BCUT2D eigenvalue weighted by atomic mass is 9.80. The molecule has 0 spiro atoms. The van der Waals surface area contributed by atoms with Crippen LogP contribution < -0.4 is 5.32 Å². The van der Waals surface area contributed by atoms with Crippen molar-refractivity contribution in [1.29, 1.82) is 0 Å². The molecule has 1 saturated carbocycles. The Bertz CT molecular complexity index is 157. The molecular formula is C12H23N. The van der Waals surface area contributed by atoms with Gasteiger partial charge >= 0.3 is 0 Å². The lowest BCUT2D eigenvalue weighted by Crippen LogP contribution is -2.16. The van der Waals surface area contributed by atoms with Gasteiger partial charge in [-0.3, -0.25) is 0 Å². The molecule has 0 aromatic rings. The fourth-order valence-corrected chi connectivity index (χ4v) is 1.73. The summed E-state index contributed by atoms with van der Waals surface area (Å²) in [5, 5.41) is 3.42. The maximum Gasteiger partial charge on any atom is -0.00142 e. The van der Waals surface area contributed by atoms with E-state index in [1.54, 1.807) is 5.57 Å². The van der Waals surface area contributed by atoms with Gasteiger partial charge in [-0.2, -0.15) is 0 Å². The van der Waals surface area contributed by atoms with Crippen molar-refractivity contribution in [3.63, 3.8) is 0 Å². The highest BCUT2D eigenvalue weighted by atomic mass is 14.8. The van der Waals surface area contributed by atoms with Crippen molar-refractivity contribution < 1.29 is 0 Å². The lowest BCUT2D eigenvalue weighted by molar-refractivity contribution is 0.367. The molecule has 0 heterocycles. The van der Waals surface area contributed by atoms with Crippen molar-refractivity contribution in [2.75, 3.05) is 13.1 Å². The van der Waals surface area contributed by atoms with Crippen LogP contribution in [-0.2, 0) is 0 Å². The van der Waals surface area contributed by atoms with Gasteiger partial charge in [-0.05, 0) is 51.6 Å². The number of hydrogen-bond acceptors (Lipinski definition) is 1. The van der Waals surface area contributed by atoms with Crippen LogP contribution in [0.4, 0.5) is 0 Å². The van der Waals surface area contributed by atoms with E-state index in [1.807, 2.05) is 0 Å². The largest absolute Gasteiger partial charge is 0.316 e. The zero-order valence-corrected chi connectivity index (χ0v) is 9.10. The first kappa shape index (κ1) is 10.8. The SMILES string of the molecule is CCCNCC/C=C(/C)C1CCC1. The molecule has 0 bridgehead atoms. The van der Waals surface area contributed by atoms with Crippen LogP contribution in [0, 0.1) is 5.92 Å². The van der Waals surface area contributed by atoms with Crippen LogP contribution >= 0.6 is 0 Å². The molecule has 0 amide bonds. The van der Waals surface area contributed by atoms with E-state index in [2.05, 4.69) is 25.2 Å². The lowest BCUT2D eigenvalue weighted by Gasteiger charge is -2.26. The van der Waals surface area contributed by atoms with E-state index in [0.717, 1.165) is 19.0 Å². The molecule has 13 heavy (non-hydrogen) atoms. The summed E-state index contributed by atoms with van der Waals surface area (Å²) in [5.41, 5.74) is 1.63. The van der Waals surface area contributed by atoms with Gasteiger partial charge in [-0.25, -0.2) is 0 Å². The molecule has 1 nitrogen and oxygen atoms in total. The molecule has 76 valence electrons. The van der Waals surface area contributed by atoms with E-state index in [0.29, 0.717) is 0 Å². The van der Waals surface area contributed by atoms with Crippen molar-refractivity contribution >= 4 is 0 Å². The molecule has 1 N–H and O–H groups in total. The third-order valence-electron chi connectivity index (χ3n) is 2.96. The number of allylic oxidation sites excluding steroid dienone is 1. The molecule has 0 unspecified atom stereocenters. The zero-order chi connectivity index (χ0) is 9.52. The first-order valence-electron chi connectivity index (χ1n) is 5.72. The molecular weight excluding hydrogens is 158 g/mol. The third-order valence-corrected chi connectivity index (χ3v) is 2.96. The zero-order valence-electron chi connectivity index (χ0n) is 9.10. The summed E-state index contributed by atoms with van der Waals surface area (Å²) in [6.07, 6.45) is 9.19. The van der Waals surface area contributed by atoms with Crippen LogP contribution in [0.5, 0.6) is 0 Å². The maximum absolute atomic E-state index is 3.42. The number of nitrogens with one attached hydrogen (secondary N) is 1. The minimum absolute atomic E-state index is 0.936. The fraction of sp³-hybridized carbons (Fsp3) is 0.833. The Balaban J connectivity index is 2.01. The highest BCUT2D eigenvalue weighted by Gasteiger charge is 2.17. The number of rotatable bonds is 6. The average Bonchev–Trinajstić information content (AvgIpc) is 2.01. The summed E-state index contributed by atoms with van der Waals surface area (Å²) >= 11 is 0. The molecule has 0 radical (unpaired) electrons. The summed E-state index contributed by atoms with van der Waals surface area (Å²) in [7, 11) is 0. The Labute approximate surface area is 82.6 Å². The van der Waals surface area contributed by atoms with Crippen LogP contribution in [0.1, 0.15) is 46.0 Å². The first-order chi connectivity index (χ1) is 6.34. The summed E-state index contributed by atoms with van der Waals surface area (Å²) in [6, 6.07) is 0. The molecule has 0 saturated heterocycles. The maximum atomic E-state index is 3.42. The van der Waals surface area contributed by atoms with E-state index in [-0.39, 0.29) is 0 Å². The Morgan fingerprint density at radius 1 is 1.38 bits per heavy atom. The van der Waals surface area contributed by atoms with Gasteiger partial charge in [0.25, 0.3) is 0 Å². The second kappa shape index (κ2) is 6.20. The highest BCUT2D eigenvalue weighted by molar-refractivity contribution is 5.06. The molecule has 0 aromatic carbocycles. The Hall–Kier alpha value is -0.300. The minimum atomic E-state index is 0.936. The predicted molar refractivity (Wildman–Crippen MR) is 58.9 cm³/mol. The molecule has 0 aromatic heterocycles. The first-order valence-corrected chi connectivity index (χ1v) is 5.72. The Morgan fingerprint density at radius 3 is 2.69 bits per heavy atom. The quantitative estimate of drug-likeness (QED) is 0.490. The van der Waals surface area contributed by atoms with Gasteiger partial charge in [0.1, 0.15) is 0 Å². The van der Waals surface area contributed by atoms with E-state index in [1.165, 1.54) is 32.1 Å². The molecule has 1 fully saturated rings. The van der Waals surface area contributed by atoms with Gasteiger partial charge < -0.3 is 5.32 Å². The molecule has 1 aliphatic carbocycles. The summed E-state index contributed by atoms with van der Waals surface area (Å²) < 4.78 is 0. The Kier molecular flexibility index (Phi) is 5.14. The van der Waals surface area contributed by atoms with E-state index in [4.69, 9.17) is 0 Å². The number of hydrogen-bond donors (Lipinski definition) is 1. The molecule has 1 heteroatoms. The van der Waals surface area contributed by atoms with Gasteiger partial charge in [0, 0.05) is 0 Å². The third kappa shape index (κ3) is 3.95. The van der Waals surface area contributed by atoms with Gasteiger partial charge in [-0.1, -0.05) is 25.0 Å². The van der Waals surface area contributed by atoms with Crippen LogP contribution in [0.15, 0.2) is 11.6 Å². The van der Waals surface area contributed by atoms with Crippen molar-refractivity contribution in [1.82, 2.24) is 5.32 Å². The summed E-state index contributed by atoms with van der Waals surface area (Å²) in [6.45, 7) is 6.82. The van der Waals surface area contributed by atoms with E-state index in [9.17, 15) is 0 Å². The van der Waals surface area contributed by atoms with Crippen molar-refractivity contribution in [3.8, 4) is 0 Å². The van der Waals surface area contributed by atoms with E-state index >= 15 is 0 Å². The normalized spacial score (nSPS) is 18.8. The predicted octanol–water partition coefficient (Wildman–Crippen LogP) is 3.12. The van der Waals surface area contributed by atoms with Crippen molar-refractivity contribution in [2.45, 2.75) is 46.0 Å².